The molecule has 74 valence electrons. The molecule has 0 amide bonds. The molecule has 3 heteroatoms. The Kier molecular flexibility index (Phi) is 2.64. The number of rotatable bonds is 3. The van der Waals surface area contributed by atoms with Crippen molar-refractivity contribution in [2.24, 2.45) is 0 Å². The van der Waals surface area contributed by atoms with E-state index in [1.165, 1.54) is 0 Å². The Bertz CT molecular complexity index is 436. The van der Waals surface area contributed by atoms with Gasteiger partial charge in [0.15, 0.2) is 0 Å². The van der Waals surface area contributed by atoms with Gasteiger partial charge in [-0.15, -0.1) is 0 Å². The molecule has 1 aromatic carbocycles. The molecule has 0 unspecified atom stereocenters. The molecule has 2 nitrogen and oxygen atoms in total. The minimum atomic E-state index is 0.757. The second-order valence-electron chi connectivity index (χ2n) is 3.20. The molecule has 1 aromatic heterocycles. The van der Waals surface area contributed by atoms with Crippen molar-refractivity contribution >= 4 is 22.7 Å². The number of hydrogen-bond acceptors (Lipinski definition) is 1. The van der Waals surface area contributed by atoms with Crippen LogP contribution in [0.1, 0.15) is 13.3 Å². The molecule has 0 spiro atoms. The first-order valence-electron chi connectivity index (χ1n) is 4.71. The minimum absolute atomic E-state index is 0.757. The molecule has 1 heterocycles. The number of ether oxygens (including phenoxy) is 1. The van der Waals surface area contributed by atoms with Crippen LogP contribution in [0.25, 0.3) is 10.9 Å². The third-order valence-electron chi connectivity index (χ3n) is 2.09. The van der Waals surface area contributed by atoms with Gasteiger partial charge in [0, 0.05) is 23.4 Å². The van der Waals surface area contributed by atoms with Gasteiger partial charge in [0.1, 0.15) is 5.75 Å². The first-order valence-corrected chi connectivity index (χ1v) is 5.05. The van der Waals surface area contributed by atoms with E-state index in [9.17, 15) is 0 Å². The Morgan fingerprint density at radius 2 is 2.21 bits per heavy atom. The van der Waals surface area contributed by atoms with Gasteiger partial charge in [-0.2, -0.15) is 0 Å². The largest absolute Gasteiger partial charge is 0.494 e. The quantitative estimate of drug-likeness (QED) is 0.756. The van der Waals surface area contributed by atoms with E-state index in [0.717, 1.165) is 29.7 Å². The summed E-state index contributed by atoms with van der Waals surface area (Å²) in [6, 6.07) is 7.88. The van der Waals surface area contributed by atoms with E-state index in [-0.39, 0.29) is 0 Å². The molecule has 0 N–H and O–H groups in total. The van der Waals surface area contributed by atoms with Crippen LogP contribution in [0.5, 0.6) is 5.75 Å². The Balaban J connectivity index is 2.32. The first kappa shape index (κ1) is 9.41. The number of nitrogens with zero attached hydrogens (tertiary/aromatic N) is 1. The minimum Gasteiger partial charge on any atom is -0.494 e. The lowest BCUT2D eigenvalue weighted by Crippen LogP contribution is -1.94. The molecule has 0 atom stereocenters. The third kappa shape index (κ3) is 1.70. The van der Waals surface area contributed by atoms with Crippen molar-refractivity contribution in [3.63, 3.8) is 0 Å². The normalized spacial score (nSPS) is 10.7. The van der Waals surface area contributed by atoms with Crippen molar-refractivity contribution in [2.75, 3.05) is 6.61 Å². The van der Waals surface area contributed by atoms with Crippen molar-refractivity contribution < 1.29 is 4.74 Å². The highest BCUT2D eigenvalue weighted by Crippen LogP contribution is 2.22. The average molecular weight is 210 g/mol. The molecular formula is C11H12ClNO. The van der Waals surface area contributed by atoms with E-state index in [0.29, 0.717) is 0 Å². The van der Waals surface area contributed by atoms with Crippen LogP contribution < -0.4 is 4.74 Å². The summed E-state index contributed by atoms with van der Waals surface area (Å²) >= 11 is 5.91. The molecule has 14 heavy (non-hydrogen) atoms. The summed E-state index contributed by atoms with van der Waals surface area (Å²) in [5.41, 5.74) is 1.01. The van der Waals surface area contributed by atoms with Crippen molar-refractivity contribution in [3.8, 4) is 5.75 Å². The monoisotopic (exact) mass is 209 g/mol. The van der Waals surface area contributed by atoms with Gasteiger partial charge in [0.25, 0.3) is 0 Å². The third-order valence-corrected chi connectivity index (χ3v) is 2.38. The smallest absolute Gasteiger partial charge is 0.120 e. The van der Waals surface area contributed by atoms with Gasteiger partial charge in [0.2, 0.25) is 0 Å². The van der Waals surface area contributed by atoms with Crippen LogP contribution in [0.15, 0.2) is 30.5 Å². The molecule has 0 bridgehead atoms. The first-order chi connectivity index (χ1) is 6.81. The summed E-state index contributed by atoms with van der Waals surface area (Å²) in [7, 11) is 0. The van der Waals surface area contributed by atoms with E-state index in [4.69, 9.17) is 16.5 Å². The van der Waals surface area contributed by atoms with E-state index in [1.54, 1.807) is 4.09 Å². The molecule has 0 aliphatic rings. The van der Waals surface area contributed by atoms with Gasteiger partial charge < -0.3 is 4.74 Å². The summed E-state index contributed by atoms with van der Waals surface area (Å²) in [4.78, 5) is 0. The fraction of sp³-hybridized carbons (Fsp3) is 0.273. The van der Waals surface area contributed by atoms with E-state index in [1.807, 2.05) is 30.5 Å². The maximum Gasteiger partial charge on any atom is 0.120 e. The van der Waals surface area contributed by atoms with Crippen molar-refractivity contribution in [1.29, 1.82) is 0 Å². The molecule has 0 saturated carbocycles. The maximum absolute atomic E-state index is 5.91. The fourth-order valence-corrected chi connectivity index (χ4v) is 1.61. The predicted octanol–water partition coefficient (Wildman–Crippen LogP) is 3.43. The molecule has 2 aromatic rings. The van der Waals surface area contributed by atoms with Crippen LogP contribution in [-0.2, 0) is 0 Å². The van der Waals surface area contributed by atoms with E-state index < -0.39 is 0 Å². The lowest BCUT2D eigenvalue weighted by atomic mass is 10.2. The zero-order valence-corrected chi connectivity index (χ0v) is 8.79. The number of aromatic nitrogens is 1. The van der Waals surface area contributed by atoms with Gasteiger partial charge in [-0.25, -0.2) is 0 Å². The molecule has 0 aliphatic carbocycles. The van der Waals surface area contributed by atoms with Gasteiger partial charge in [-0.05, 0) is 30.7 Å². The Labute approximate surface area is 88.2 Å². The fourth-order valence-electron chi connectivity index (χ4n) is 1.40. The lowest BCUT2D eigenvalue weighted by Gasteiger charge is -2.04. The summed E-state index contributed by atoms with van der Waals surface area (Å²) < 4.78 is 7.10. The van der Waals surface area contributed by atoms with Crippen LogP contribution >= 0.6 is 11.8 Å². The summed E-state index contributed by atoms with van der Waals surface area (Å²) in [5, 5.41) is 1.11. The summed E-state index contributed by atoms with van der Waals surface area (Å²) in [6.07, 6.45) is 2.85. The summed E-state index contributed by atoms with van der Waals surface area (Å²) in [6.45, 7) is 2.85. The molecule has 0 radical (unpaired) electrons. The Morgan fingerprint density at radius 3 is 3.00 bits per heavy atom. The van der Waals surface area contributed by atoms with Crippen LogP contribution in [-0.4, -0.2) is 10.7 Å². The SMILES string of the molecule is CCCOc1ccc2c(ccn2Cl)c1. The van der Waals surface area contributed by atoms with Gasteiger partial charge in [-0.3, -0.25) is 4.09 Å². The van der Waals surface area contributed by atoms with Gasteiger partial charge >= 0.3 is 0 Å². The van der Waals surface area contributed by atoms with Crippen molar-refractivity contribution in [1.82, 2.24) is 4.09 Å². The second-order valence-corrected chi connectivity index (χ2v) is 3.56. The van der Waals surface area contributed by atoms with E-state index in [2.05, 4.69) is 6.92 Å². The highest BCUT2D eigenvalue weighted by Gasteiger charge is 2.00. The van der Waals surface area contributed by atoms with Crippen LogP contribution in [0.2, 0.25) is 0 Å². The molecule has 0 aliphatic heterocycles. The number of benzene rings is 1. The lowest BCUT2D eigenvalue weighted by molar-refractivity contribution is 0.318. The number of halogens is 1. The Hall–Kier alpha value is -1.15. The Morgan fingerprint density at radius 1 is 1.36 bits per heavy atom. The van der Waals surface area contributed by atoms with Crippen molar-refractivity contribution in [3.05, 3.63) is 30.5 Å². The van der Waals surface area contributed by atoms with Crippen LogP contribution in [0.4, 0.5) is 0 Å². The maximum atomic E-state index is 5.91. The molecular weight excluding hydrogens is 198 g/mol. The van der Waals surface area contributed by atoms with Gasteiger partial charge in [-0.1, -0.05) is 6.92 Å². The second kappa shape index (κ2) is 3.93. The standard InChI is InChI=1S/C11H12ClNO/c1-2-7-14-10-3-4-11-9(8-10)5-6-13(11)12/h3-6,8H,2,7H2,1H3. The highest BCUT2D eigenvalue weighted by molar-refractivity contribution is 6.19. The number of fused-ring (bicyclic) bond motifs is 1. The topological polar surface area (TPSA) is 14.2 Å². The van der Waals surface area contributed by atoms with Crippen LogP contribution in [0.3, 0.4) is 0 Å². The molecule has 2 rings (SSSR count). The average Bonchev–Trinajstić information content (AvgIpc) is 2.57. The van der Waals surface area contributed by atoms with Crippen LogP contribution in [0, 0.1) is 0 Å². The zero-order valence-electron chi connectivity index (χ0n) is 8.03. The van der Waals surface area contributed by atoms with E-state index >= 15 is 0 Å². The van der Waals surface area contributed by atoms with Crippen molar-refractivity contribution in [2.45, 2.75) is 13.3 Å². The number of hydrogen-bond donors (Lipinski definition) is 0. The zero-order chi connectivity index (χ0) is 9.97. The van der Waals surface area contributed by atoms with Gasteiger partial charge in [0.05, 0.1) is 12.1 Å². The highest BCUT2D eigenvalue weighted by atomic mass is 35.5. The predicted molar refractivity (Wildman–Crippen MR) is 59.0 cm³/mol. The molecule has 0 fully saturated rings. The molecule has 0 saturated heterocycles. The summed E-state index contributed by atoms with van der Waals surface area (Å²) in [5.74, 6) is 0.905.